The Kier molecular flexibility index (Phi) is 11.3. The lowest BCUT2D eigenvalue weighted by Crippen LogP contribution is -2.50. The molecule has 0 aliphatic rings. The Morgan fingerprint density at radius 3 is 2.10 bits per heavy atom. The summed E-state index contributed by atoms with van der Waals surface area (Å²) < 4.78 is 0. The van der Waals surface area contributed by atoms with Crippen molar-refractivity contribution in [2.24, 2.45) is 0 Å². The number of benzene rings is 3. The fraction of sp³-hybridized carbons (Fsp3) is 0.343. The van der Waals surface area contributed by atoms with Crippen molar-refractivity contribution in [2.75, 3.05) is 18.4 Å². The molecule has 0 fully saturated rings. The second-order valence-electron chi connectivity index (χ2n) is 10.7. The summed E-state index contributed by atoms with van der Waals surface area (Å²) in [6, 6.07) is 25.4. The first kappa shape index (κ1) is 30.6. The van der Waals surface area contributed by atoms with Crippen molar-refractivity contribution in [3.8, 4) is 0 Å². The van der Waals surface area contributed by atoms with Crippen LogP contribution in [0.5, 0.6) is 0 Å². The predicted octanol–water partition coefficient (Wildman–Crippen LogP) is 6.97. The van der Waals surface area contributed by atoms with Gasteiger partial charge in [0.1, 0.15) is 11.7 Å². The van der Waals surface area contributed by atoms with E-state index in [4.69, 9.17) is 0 Å². The number of para-hydroxylation sites is 2. The zero-order valence-electron chi connectivity index (χ0n) is 24.7. The Hall–Kier alpha value is -4.39. The second kappa shape index (κ2) is 15.6. The highest BCUT2D eigenvalue weighted by Gasteiger charge is 2.27. The number of aromatic nitrogens is 1. The number of amides is 3. The number of unbranched alkanes of at least 4 members (excludes halogenated alkanes) is 4. The molecule has 1 unspecified atom stereocenters. The third-order valence-electron chi connectivity index (χ3n) is 7.46. The monoisotopic (exact) mass is 566 g/mol. The summed E-state index contributed by atoms with van der Waals surface area (Å²) in [5.41, 5.74) is 2.92. The molecule has 0 aliphatic carbocycles. The fourth-order valence-electron chi connectivity index (χ4n) is 5.12. The van der Waals surface area contributed by atoms with E-state index < -0.39 is 11.9 Å². The Bertz CT molecular complexity index is 1420. The summed E-state index contributed by atoms with van der Waals surface area (Å²) in [7, 11) is 0. The van der Waals surface area contributed by atoms with E-state index in [-0.39, 0.29) is 11.8 Å². The van der Waals surface area contributed by atoms with E-state index in [2.05, 4.69) is 29.5 Å². The van der Waals surface area contributed by atoms with Gasteiger partial charge in [0.2, 0.25) is 5.91 Å². The molecule has 7 heteroatoms. The molecular weight excluding hydrogens is 524 g/mol. The van der Waals surface area contributed by atoms with Crippen LogP contribution < -0.4 is 10.6 Å². The lowest BCUT2D eigenvalue weighted by atomic mass is 10.0. The molecule has 0 saturated carbocycles. The normalized spacial score (nSPS) is 11.7. The molecule has 4 rings (SSSR count). The Labute approximate surface area is 248 Å². The quantitative estimate of drug-likeness (QED) is 0.136. The van der Waals surface area contributed by atoms with Gasteiger partial charge in [0.05, 0.1) is 11.3 Å². The highest BCUT2D eigenvalue weighted by Crippen LogP contribution is 2.20. The first-order valence-corrected chi connectivity index (χ1v) is 15.1. The molecule has 0 radical (unpaired) electrons. The lowest BCUT2D eigenvalue weighted by Gasteiger charge is -2.28. The molecule has 42 heavy (non-hydrogen) atoms. The lowest BCUT2D eigenvalue weighted by molar-refractivity contribution is -0.133. The molecule has 0 saturated heterocycles. The Balaban J connectivity index is 1.55. The molecule has 1 heterocycles. The summed E-state index contributed by atoms with van der Waals surface area (Å²) in [5, 5.41) is 6.84. The van der Waals surface area contributed by atoms with Crippen LogP contribution in [0.25, 0.3) is 10.9 Å². The number of fused-ring (bicyclic) bond motifs is 1. The van der Waals surface area contributed by atoms with Crippen LogP contribution in [0.15, 0.2) is 84.9 Å². The highest BCUT2D eigenvalue weighted by molar-refractivity contribution is 6.10. The summed E-state index contributed by atoms with van der Waals surface area (Å²) in [5.74, 6) is -0.820. The molecule has 0 bridgehead atoms. The molecule has 3 amide bonds. The van der Waals surface area contributed by atoms with E-state index in [0.29, 0.717) is 36.5 Å². The molecule has 0 aliphatic heterocycles. The minimum atomic E-state index is -0.736. The average Bonchev–Trinajstić information content (AvgIpc) is 3.45. The van der Waals surface area contributed by atoms with Crippen LogP contribution in [-0.2, 0) is 11.2 Å². The van der Waals surface area contributed by atoms with Gasteiger partial charge in [0.25, 0.3) is 11.8 Å². The fourth-order valence-corrected chi connectivity index (χ4v) is 5.12. The number of hydrogen-bond acceptors (Lipinski definition) is 3. The van der Waals surface area contributed by atoms with E-state index in [1.165, 1.54) is 0 Å². The van der Waals surface area contributed by atoms with Crippen LogP contribution in [0.3, 0.4) is 0 Å². The van der Waals surface area contributed by atoms with Gasteiger partial charge in [-0.3, -0.25) is 14.4 Å². The van der Waals surface area contributed by atoms with Crippen LogP contribution in [0.4, 0.5) is 5.69 Å². The van der Waals surface area contributed by atoms with Crippen molar-refractivity contribution in [3.63, 3.8) is 0 Å². The largest absolute Gasteiger partial charge is 0.351 e. The molecule has 0 spiro atoms. The number of nitrogens with one attached hydrogen (secondary N) is 3. The maximum Gasteiger partial charge on any atom is 0.272 e. The molecule has 1 aromatic heterocycles. The van der Waals surface area contributed by atoms with Gasteiger partial charge in [-0.15, -0.1) is 0 Å². The van der Waals surface area contributed by atoms with Gasteiger partial charge >= 0.3 is 0 Å². The molecule has 3 aromatic carbocycles. The first-order chi connectivity index (χ1) is 20.5. The van der Waals surface area contributed by atoms with Gasteiger partial charge in [-0.25, -0.2) is 0 Å². The average molecular weight is 567 g/mol. The van der Waals surface area contributed by atoms with Crippen LogP contribution in [-0.4, -0.2) is 46.7 Å². The Morgan fingerprint density at radius 1 is 0.762 bits per heavy atom. The molecule has 220 valence electrons. The minimum absolute atomic E-state index is 0.0704. The number of anilines is 1. The van der Waals surface area contributed by atoms with Crippen LogP contribution in [0.2, 0.25) is 0 Å². The van der Waals surface area contributed by atoms with Gasteiger partial charge < -0.3 is 20.5 Å². The van der Waals surface area contributed by atoms with Crippen molar-refractivity contribution in [1.82, 2.24) is 15.2 Å². The minimum Gasteiger partial charge on any atom is -0.351 e. The van der Waals surface area contributed by atoms with E-state index >= 15 is 0 Å². The summed E-state index contributed by atoms with van der Waals surface area (Å²) in [6.45, 7) is 5.65. The maximum atomic E-state index is 14.0. The third-order valence-corrected chi connectivity index (χ3v) is 7.46. The smallest absolute Gasteiger partial charge is 0.272 e. The SMILES string of the molecule is CCCCCN(CCCCC)C(=O)C(Cc1ccccc1)NC(=O)c1ccccc1NC(=O)c1cc2ccccc2[nH]1. The number of nitrogens with zero attached hydrogens (tertiary/aromatic N) is 1. The van der Waals surface area contributed by atoms with E-state index in [1.54, 1.807) is 30.3 Å². The molecule has 3 N–H and O–H groups in total. The maximum absolute atomic E-state index is 14.0. The molecular formula is C35H42N4O3. The first-order valence-electron chi connectivity index (χ1n) is 15.1. The molecule has 1 atom stereocenters. The predicted molar refractivity (Wildman–Crippen MR) is 170 cm³/mol. The summed E-state index contributed by atoms with van der Waals surface area (Å²) >= 11 is 0. The Morgan fingerprint density at radius 2 is 1.40 bits per heavy atom. The van der Waals surface area contributed by atoms with Crippen LogP contribution in [0.1, 0.15) is 78.8 Å². The zero-order valence-corrected chi connectivity index (χ0v) is 24.7. The van der Waals surface area contributed by atoms with E-state index in [1.807, 2.05) is 59.5 Å². The van der Waals surface area contributed by atoms with Crippen molar-refractivity contribution >= 4 is 34.3 Å². The number of carbonyl (C=O) groups is 3. The van der Waals surface area contributed by atoms with Crippen molar-refractivity contribution in [1.29, 1.82) is 0 Å². The topological polar surface area (TPSA) is 94.3 Å². The van der Waals surface area contributed by atoms with Gasteiger partial charge in [0.15, 0.2) is 0 Å². The number of hydrogen-bond donors (Lipinski definition) is 3. The van der Waals surface area contributed by atoms with Crippen LogP contribution in [0, 0.1) is 0 Å². The summed E-state index contributed by atoms with van der Waals surface area (Å²) in [6.07, 6.45) is 6.50. The molecule has 7 nitrogen and oxygen atoms in total. The number of rotatable bonds is 15. The van der Waals surface area contributed by atoms with Crippen LogP contribution >= 0.6 is 0 Å². The number of carbonyl (C=O) groups excluding carboxylic acids is 3. The zero-order chi connectivity index (χ0) is 29.7. The van der Waals surface area contributed by atoms with Crippen molar-refractivity contribution in [3.05, 3.63) is 102 Å². The summed E-state index contributed by atoms with van der Waals surface area (Å²) in [4.78, 5) is 45.9. The molecule has 4 aromatic rings. The van der Waals surface area contributed by atoms with E-state index in [9.17, 15) is 14.4 Å². The third kappa shape index (κ3) is 8.32. The number of aromatic amines is 1. The van der Waals surface area contributed by atoms with Crippen molar-refractivity contribution in [2.45, 2.75) is 64.8 Å². The van der Waals surface area contributed by atoms with E-state index in [0.717, 1.165) is 55.0 Å². The van der Waals surface area contributed by atoms with Gasteiger partial charge in [0, 0.05) is 30.4 Å². The van der Waals surface area contributed by atoms with Gasteiger partial charge in [-0.2, -0.15) is 0 Å². The van der Waals surface area contributed by atoms with Gasteiger partial charge in [-0.1, -0.05) is 100 Å². The standard InChI is InChI=1S/C35H42N4O3/c1-3-5-14-22-39(23-15-6-4-2)35(42)32(24-26-16-8-7-9-17-26)38-33(40)28-19-11-13-21-30(28)37-34(41)31-25-27-18-10-12-20-29(27)36-31/h7-13,16-21,25,32,36H,3-6,14-15,22-24H2,1-2H3,(H,37,41)(H,38,40). The second-order valence-corrected chi connectivity index (χ2v) is 10.7. The van der Waals surface area contributed by atoms with Crippen molar-refractivity contribution < 1.29 is 14.4 Å². The van der Waals surface area contributed by atoms with Gasteiger partial charge in [-0.05, 0) is 42.7 Å². The highest BCUT2D eigenvalue weighted by atomic mass is 16.2. The number of H-pyrrole nitrogens is 1.